The highest BCUT2D eigenvalue weighted by atomic mass is 35.5. The van der Waals surface area contributed by atoms with Crippen molar-refractivity contribution in [1.82, 2.24) is 0 Å². The van der Waals surface area contributed by atoms with Gasteiger partial charge in [-0.1, -0.05) is 11.6 Å². The van der Waals surface area contributed by atoms with Crippen molar-refractivity contribution in [1.29, 1.82) is 0 Å². The van der Waals surface area contributed by atoms with Gasteiger partial charge in [-0.05, 0) is 30.7 Å². The van der Waals surface area contributed by atoms with Crippen LogP contribution in [0.4, 0.5) is 0 Å². The molecule has 0 N–H and O–H groups in total. The first-order valence-corrected chi connectivity index (χ1v) is 4.33. The van der Waals surface area contributed by atoms with Crippen LogP contribution in [0.3, 0.4) is 0 Å². The molecule has 0 aliphatic rings. The summed E-state index contributed by atoms with van der Waals surface area (Å²) >= 11 is 7.12. The van der Waals surface area contributed by atoms with Gasteiger partial charge in [-0.25, -0.2) is 0 Å². The Labute approximate surface area is 75.9 Å². The number of hydrogen-bond acceptors (Lipinski definition) is 2. The average molecular weight is 189 g/mol. The summed E-state index contributed by atoms with van der Waals surface area (Å²) in [5.41, 5.74) is 1.14. The minimum atomic E-state index is 0.767. The van der Waals surface area contributed by atoms with E-state index in [-0.39, 0.29) is 0 Å². The summed E-state index contributed by atoms with van der Waals surface area (Å²) in [7, 11) is 1.65. The zero-order valence-corrected chi connectivity index (χ0v) is 8.00. The van der Waals surface area contributed by atoms with Gasteiger partial charge < -0.3 is 4.18 Å². The smallest absolute Gasteiger partial charge is 0.0508 e. The third-order valence-corrected chi connectivity index (χ3v) is 2.35. The second-order valence-corrected chi connectivity index (χ2v) is 3.54. The number of aryl methyl sites for hydroxylation is 1. The van der Waals surface area contributed by atoms with Crippen molar-refractivity contribution < 1.29 is 4.18 Å². The van der Waals surface area contributed by atoms with E-state index in [1.54, 1.807) is 7.11 Å². The van der Waals surface area contributed by atoms with Crippen molar-refractivity contribution in [3.8, 4) is 0 Å². The summed E-state index contributed by atoms with van der Waals surface area (Å²) in [6.45, 7) is 2.01. The van der Waals surface area contributed by atoms with Gasteiger partial charge in [-0.3, -0.25) is 0 Å². The Bertz CT molecular complexity index is 250. The Morgan fingerprint density at radius 3 is 2.73 bits per heavy atom. The van der Waals surface area contributed by atoms with E-state index in [1.807, 2.05) is 25.1 Å². The molecule has 11 heavy (non-hydrogen) atoms. The minimum Gasteiger partial charge on any atom is -0.314 e. The van der Waals surface area contributed by atoms with Gasteiger partial charge in [-0.2, -0.15) is 0 Å². The molecular formula is C8H9ClOS. The van der Waals surface area contributed by atoms with Crippen molar-refractivity contribution in [2.24, 2.45) is 0 Å². The molecule has 1 aromatic rings. The standard InChI is InChI=1S/C8H9ClOS/c1-6-5-7(9)3-4-8(6)11-10-2/h3-5H,1-2H3. The Kier molecular flexibility index (Phi) is 3.24. The molecule has 0 unspecified atom stereocenters. The van der Waals surface area contributed by atoms with E-state index in [4.69, 9.17) is 15.8 Å². The van der Waals surface area contributed by atoms with Crippen molar-refractivity contribution in [2.75, 3.05) is 7.11 Å². The van der Waals surface area contributed by atoms with Gasteiger partial charge >= 0.3 is 0 Å². The second kappa shape index (κ2) is 4.00. The van der Waals surface area contributed by atoms with E-state index in [1.165, 1.54) is 12.0 Å². The molecule has 0 spiro atoms. The zero-order chi connectivity index (χ0) is 8.27. The third kappa shape index (κ3) is 2.40. The fourth-order valence-corrected chi connectivity index (χ4v) is 1.52. The Balaban J connectivity index is 2.90. The predicted octanol–water partition coefficient (Wildman–Crippen LogP) is 3.30. The number of benzene rings is 1. The van der Waals surface area contributed by atoms with Crippen molar-refractivity contribution in [3.63, 3.8) is 0 Å². The van der Waals surface area contributed by atoms with Crippen LogP contribution in [-0.4, -0.2) is 7.11 Å². The first-order valence-electron chi connectivity index (χ1n) is 3.21. The van der Waals surface area contributed by atoms with E-state index in [0.29, 0.717) is 0 Å². The fourth-order valence-electron chi connectivity index (χ4n) is 0.796. The lowest BCUT2D eigenvalue weighted by Crippen LogP contribution is -1.78. The van der Waals surface area contributed by atoms with Crippen LogP contribution in [0.1, 0.15) is 5.56 Å². The van der Waals surface area contributed by atoms with Crippen LogP contribution in [0.2, 0.25) is 5.02 Å². The van der Waals surface area contributed by atoms with Crippen LogP contribution in [0, 0.1) is 6.92 Å². The van der Waals surface area contributed by atoms with Gasteiger partial charge in [0.2, 0.25) is 0 Å². The lowest BCUT2D eigenvalue weighted by Gasteiger charge is -2.01. The van der Waals surface area contributed by atoms with Gasteiger partial charge in [0.05, 0.1) is 7.11 Å². The van der Waals surface area contributed by atoms with Crippen molar-refractivity contribution >= 4 is 23.6 Å². The molecule has 0 aliphatic heterocycles. The van der Waals surface area contributed by atoms with Crippen LogP contribution < -0.4 is 0 Å². The maximum atomic E-state index is 5.77. The largest absolute Gasteiger partial charge is 0.314 e. The molecule has 0 bridgehead atoms. The second-order valence-electron chi connectivity index (χ2n) is 2.16. The Morgan fingerprint density at radius 2 is 2.18 bits per heavy atom. The molecule has 60 valence electrons. The molecule has 0 atom stereocenters. The highest BCUT2D eigenvalue weighted by molar-refractivity contribution is 7.94. The molecule has 1 aromatic carbocycles. The maximum absolute atomic E-state index is 5.77. The van der Waals surface area contributed by atoms with Crippen LogP contribution in [0.15, 0.2) is 23.1 Å². The summed E-state index contributed by atoms with van der Waals surface area (Å²) in [5, 5.41) is 0.767. The summed E-state index contributed by atoms with van der Waals surface area (Å²) in [4.78, 5) is 1.11. The van der Waals surface area contributed by atoms with Gasteiger partial charge in [0.15, 0.2) is 0 Å². The first-order chi connectivity index (χ1) is 5.24. The molecular weight excluding hydrogens is 180 g/mol. The van der Waals surface area contributed by atoms with Crippen LogP contribution in [-0.2, 0) is 4.18 Å². The normalized spacial score (nSPS) is 10.1. The zero-order valence-electron chi connectivity index (χ0n) is 6.43. The number of halogens is 1. The molecule has 0 saturated heterocycles. The van der Waals surface area contributed by atoms with Gasteiger partial charge in [0, 0.05) is 22.0 Å². The van der Waals surface area contributed by atoms with E-state index in [0.717, 1.165) is 15.5 Å². The summed E-state index contributed by atoms with van der Waals surface area (Å²) in [6, 6.07) is 5.73. The SMILES string of the molecule is COSc1ccc(Cl)cc1C. The quantitative estimate of drug-likeness (QED) is 0.659. The molecule has 1 nitrogen and oxygen atoms in total. The van der Waals surface area contributed by atoms with E-state index < -0.39 is 0 Å². The molecule has 1 rings (SSSR count). The Morgan fingerprint density at radius 1 is 1.45 bits per heavy atom. The fraction of sp³-hybridized carbons (Fsp3) is 0.250. The van der Waals surface area contributed by atoms with Crippen LogP contribution in [0.25, 0.3) is 0 Å². The average Bonchev–Trinajstić information content (AvgIpc) is 1.95. The van der Waals surface area contributed by atoms with Crippen molar-refractivity contribution in [3.05, 3.63) is 28.8 Å². The van der Waals surface area contributed by atoms with Gasteiger partial charge in [0.1, 0.15) is 0 Å². The van der Waals surface area contributed by atoms with E-state index in [2.05, 4.69) is 0 Å². The highest BCUT2D eigenvalue weighted by Gasteiger charge is 1.98. The number of hydrogen-bond donors (Lipinski definition) is 0. The predicted molar refractivity (Wildman–Crippen MR) is 49.1 cm³/mol. The summed E-state index contributed by atoms with van der Waals surface area (Å²) in [6.07, 6.45) is 0. The minimum absolute atomic E-state index is 0.767. The summed E-state index contributed by atoms with van der Waals surface area (Å²) in [5.74, 6) is 0. The summed E-state index contributed by atoms with van der Waals surface area (Å²) < 4.78 is 4.92. The first kappa shape index (κ1) is 8.91. The Hall–Kier alpha value is -0.180. The molecule has 0 radical (unpaired) electrons. The van der Waals surface area contributed by atoms with Gasteiger partial charge in [-0.15, -0.1) is 0 Å². The van der Waals surface area contributed by atoms with Crippen LogP contribution >= 0.6 is 23.6 Å². The van der Waals surface area contributed by atoms with Crippen LogP contribution in [0.5, 0.6) is 0 Å². The molecule has 3 heteroatoms. The number of rotatable bonds is 2. The maximum Gasteiger partial charge on any atom is 0.0508 e. The third-order valence-electron chi connectivity index (χ3n) is 1.31. The topological polar surface area (TPSA) is 9.23 Å². The molecule has 0 heterocycles. The monoisotopic (exact) mass is 188 g/mol. The molecule has 0 fully saturated rings. The van der Waals surface area contributed by atoms with Gasteiger partial charge in [0.25, 0.3) is 0 Å². The highest BCUT2D eigenvalue weighted by Crippen LogP contribution is 2.24. The lowest BCUT2D eigenvalue weighted by molar-refractivity contribution is 0.489. The molecule has 0 amide bonds. The van der Waals surface area contributed by atoms with E-state index >= 15 is 0 Å². The lowest BCUT2D eigenvalue weighted by atomic mass is 10.2. The van der Waals surface area contributed by atoms with E-state index in [9.17, 15) is 0 Å². The van der Waals surface area contributed by atoms with Crippen molar-refractivity contribution in [2.45, 2.75) is 11.8 Å². The molecule has 0 saturated carbocycles. The molecule has 0 aliphatic carbocycles. The molecule has 0 aromatic heterocycles.